The molecule has 4 nitrogen and oxygen atoms in total. The number of nitrogens with zero attached hydrogens (tertiary/aromatic N) is 1. The number of ketones is 1. The molecule has 0 amide bonds. The van der Waals surface area contributed by atoms with Crippen molar-refractivity contribution < 1.29 is 9.53 Å². The summed E-state index contributed by atoms with van der Waals surface area (Å²) >= 11 is 6.05. The first kappa shape index (κ1) is 21.1. The van der Waals surface area contributed by atoms with Crippen LogP contribution in [0.3, 0.4) is 0 Å². The van der Waals surface area contributed by atoms with Gasteiger partial charge in [-0.1, -0.05) is 18.0 Å². The van der Waals surface area contributed by atoms with Crippen molar-refractivity contribution >= 4 is 35.5 Å². The number of rotatable bonds is 8. The molecule has 0 aliphatic carbocycles. The van der Waals surface area contributed by atoms with E-state index in [1.165, 1.54) is 32.4 Å². The quantitative estimate of drug-likeness (QED) is 0.410. The molecule has 136 valence electrons. The molecule has 6 heteroatoms. The van der Waals surface area contributed by atoms with Gasteiger partial charge in [-0.2, -0.15) is 0 Å². The Bertz CT molecular complexity index is 532. The predicted molar refractivity (Wildman–Crippen MR) is 103 cm³/mol. The first-order valence-electron chi connectivity index (χ1n) is 8.59. The van der Waals surface area contributed by atoms with Crippen molar-refractivity contribution in [1.29, 1.82) is 0 Å². The number of halogens is 2. The number of carbonyl (C=O) groups is 1. The minimum Gasteiger partial charge on any atom is -0.493 e. The van der Waals surface area contributed by atoms with Gasteiger partial charge in [0.05, 0.1) is 22.9 Å². The van der Waals surface area contributed by atoms with Crippen LogP contribution in [0.1, 0.15) is 55.8 Å². The van der Waals surface area contributed by atoms with E-state index in [1.807, 2.05) is 6.92 Å². The molecule has 0 aromatic heterocycles. The van der Waals surface area contributed by atoms with Gasteiger partial charge in [-0.3, -0.25) is 4.79 Å². The lowest BCUT2D eigenvalue weighted by Gasteiger charge is -2.26. The summed E-state index contributed by atoms with van der Waals surface area (Å²) in [5.41, 5.74) is 6.78. The lowest BCUT2D eigenvalue weighted by molar-refractivity contribution is 0.0973. The number of unbranched alkanes of at least 4 members (excludes halogenated alkanes) is 1. The number of likely N-dealkylation sites (tertiary alicyclic amines) is 1. The minimum atomic E-state index is 0. The highest BCUT2D eigenvalue weighted by Crippen LogP contribution is 2.30. The van der Waals surface area contributed by atoms with Crippen LogP contribution < -0.4 is 10.5 Å². The standard InChI is InChI=1S/C18H27ClN2O2.ClH/c1-2-23-18-13-16(20)15(19)12-14(18)17(22)8-4-7-11-21-9-5-3-6-10-21;/h12-13H,2-11,20H2,1H3;1H. The fourth-order valence-electron chi connectivity index (χ4n) is 3.00. The van der Waals surface area contributed by atoms with Gasteiger partial charge in [0.1, 0.15) is 5.75 Å². The van der Waals surface area contributed by atoms with Gasteiger partial charge >= 0.3 is 0 Å². The molecule has 0 atom stereocenters. The maximum absolute atomic E-state index is 12.5. The molecule has 1 saturated heterocycles. The minimum absolute atomic E-state index is 0. The van der Waals surface area contributed by atoms with E-state index in [1.54, 1.807) is 12.1 Å². The van der Waals surface area contributed by atoms with Crippen molar-refractivity contribution in [3.05, 3.63) is 22.7 Å². The van der Waals surface area contributed by atoms with Gasteiger partial charge in [0.2, 0.25) is 0 Å². The highest BCUT2D eigenvalue weighted by molar-refractivity contribution is 6.33. The number of nitrogens with two attached hydrogens (primary N) is 1. The number of hydrogen-bond donors (Lipinski definition) is 1. The number of piperidine rings is 1. The van der Waals surface area contributed by atoms with Crippen molar-refractivity contribution in [3.8, 4) is 5.75 Å². The largest absolute Gasteiger partial charge is 0.493 e. The van der Waals surface area contributed by atoms with Crippen LogP contribution >= 0.6 is 24.0 Å². The lowest BCUT2D eigenvalue weighted by Crippen LogP contribution is -2.30. The summed E-state index contributed by atoms with van der Waals surface area (Å²) in [6, 6.07) is 3.28. The zero-order chi connectivity index (χ0) is 16.7. The highest BCUT2D eigenvalue weighted by Gasteiger charge is 2.16. The van der Waals surface area contributed by atoms with Gasteiger partial charge in [-0.05, 0) is 58.3 Å². The first-order chi connectivity index (χ1) is 11.1. The van der Waals surface area contributed by atoms with E-state index < -0.39 is 0 Å². The number of nitrogen functional groups attached to an aromatic ring is 1. The third-order valence-corrected chi connectivity index (χ3v) is 4.60. The Balaban J connectivity index is 0.00000288. The van der Waals surface area contributed by atoms with Crippen LogP contribution in [0, 0.1) is 0 Å². The summed E-state index contributed by atoms with van der Waals surface area (Å²) in [5.74, 6) is 0.615. The SMILES string of the molecule is CCOc1cc(N)c(Cl)cc1C(=O)CCCCN1CCCCC1.Cl. The molecule has 0 saturated carbocycles. The average Bonchev–Trinajstić information content (AvgIpc) is 2.56. The molecule has 2 N–H and O–H groups in total. The molecule has 0 bridgehead atoms. The Morgan fingerprint density at radius 3 is 2.62 bits per heavy atom. The second-order valence-corrected chi connectivity index (χ2v) is 6.49. The Hall–Kier alpha value is -0.970. The van der Waals surface area contributed by atoms with Crippen LogP contribution in [0.25, 0.3) is 0 Å². The van der Waals surface area contributed by atoms with E-state index in [9.17, 15) is 4.79 Å². The van der Waals surface area contributed by atoms with E-state index in [2.05, 4.69) is 4.90 Å². The van der Waals surface area contributed by atoms with Gasteiger partial charge in [0, 0.05) is 12.5 Å². The smallest absolute Gasteiger partial charge is 0.166 e. The normalized spacial score (nSPS) is 14.9. The topological polar surface area (TPSA) is 55.6 Å². The van der Waals surface area contributed by atoms with E-state index in [-0.39, 0.29) is 18.2 Å². The van der Waals surface area contributed by atoms with Crippen LogP contribution in [-0.2, 0) is 0 Å². The number of benzene rings is 1. The molecule has 1 fully saturated rings. The van der Waals surface area contributed by atoms with Gasteiger partial charge in [0.15, 0.2) is 5.78 Å². The molecule has 1 aromatic rings. The van der Waals surface area contributed by atoms with Crippen LogP contribution in [0.15, 0.2) is 12.1 Å². The van der Waals surface area contributed by atoms with Crippen molar-refractivity contribution in [2.24, 2.45) is 0 Å². The number of carbonyl (C=O) groups excluding carboxylic acids is 1. The summed E-state index contributed by atoms with van der Waals surface area (Å²) < 4.78 is 5.53. The van der Waals surface area contributed by atoms with Gasteiger partial charge in [-0.25, -0.2) is 0 Å². The second kappa shape index (κ2) is 10.8. The molecular formula is C18H28Cl2N2O2. The molecule has 1 aliphatic heterocycles. The molecule has 1 aliphatic rings. The monoisotopic (exact) mass is 374 g/mol. The Labute approximate surface area is 156 Å². The van der Waals surface area contributed by atoms with Crippen molar-refractivity contribution in [2.75, 3.05) is 32.0 Å². The highest BCUT2D eigenvalue weighted by atomic mass is 35.5. The zero-order valence-corrected chi connectivity index (χ0v) is 15.9. The molecular weight excluding hydrogens is 347 g/mol. The van der Waals surface area contributed by atoms with E-state index >= 15 is 0 Å². The molecule has 0 unspecified atom stereocenters. The summed E-state index contributed by atoms with van der Waals surface area (Å²) in [6.07, 6.45) is 6.43. The summed E-state index contributed by atoms with van der Waals surface area (Å²) in [4.78, 5) is 15.0. The van der Waals surface area contributed by atoms with Crippen molar-refractivity contribution in [3.63, 3.8) is 0 Å². The predicted octanol–water partition coefficient (Wildman–Crippen LogP) is 4.58. The van der Waals surface area contributed by atoms with Gasteiger partial charge in [-0.15, -0.1) is 12.4 Å². The molecule has 0 radical (unpaired) electrons. The Morgan fingerprint density at radius 2 is 1.96 bits per heavy atom. The maximum Gasteiger partial charge on any atom is 0.166 e. The number of ether oxygens (including phenoxy) is 1. The van der Waals surface area contributed by atoms with E-state index in [0.29, 0.717) is 35.1 Å². The van der Waals surface area contributed by atoms with Crippen molar-refractivity contribution in [2.45, 2.75) is 45.4 Å². The Morgan fingerprint density at radius 1 is 1.25 bits per heavy atom. The summed E-state index contributed by atoms with van der Waals surface area (Å²) in [5, 5.41) is 0.408. The summed E-state index contributed by atoms with van der Waals surface area (Å²) in [7, 11) is 0. The number of Topliss-reactive ketones (excluding diaryl/α,β-unsaturated/α-hetero) is 1. The fourth-order valence-corrected chi connectivity index (χ4v) is 3.16. The van der Waals surface area contributed by atoms with Crippen molar-refractivity contribution in [1.82, 2.24) is 4.90 Å². The Kier molecular flexibility index (Phi) is 9.49. The fraction of sp³-hybridized carbons (Fsp3) is 0.611. The molecule has 24 heavy (non-hydrogen) atoms. The molecule has 1 aromatic carbocycles. The van der Waals surface area contributed by atoms with Crippen LogP contribution in [0.2, 0.25) is 5.02 Å². The maximum atomic E-state index is 12.5. The second-order valence-electron chi connectivity index (χ2n) is 6.09. The van der Waals surface area contributed by atoms with E-state index in [4.69, 9.17) is 22.1 Å². The van der Waals surface area contributed by atoms with Crippen LogP contribution in [-0.4, -0.2) is 36.9 Å². The molecule has 0 spiro atoms. The average molecular weight is 375 g/mol. The van der Waals surface area contributed by atoms with Crippen LogP contribution in [0.4, 0.5) is 5.69 Å². The lowest BCUT2D eigenvalue weighted by atomic mass is 10.0. The molecule has 2 rings (SSSR count). The third-order valence-electron chi connectivity index (χ3n) is 4.28. The summed E-state index contributed by atoms with van der Waals surface area (Å²) in [6.45, 7) is 5.88. The third kappa shape index (κ3) is 6.15. The number of anilines is 1. The van der Waals surface area contributed by atoms with Crippen LogP contribution in [0.5, 0.6) is 5.75 Å². The number of hydrogen-bond acceptors (Lipinski definition) is 4. The van der Waals surface area contributed by atoms with E-state index in [0.717, 1.165) is 19.4 Å². The molecule has 1 heterocycles. The van der Waals surface area contributed by atoms with Gasteiger partial charge in [0.25, 0.3) is 0 Å². The first-order valence-corrected chi connectivity index (χ1v) is 8.97. The van der Waals surface area contributed by atoms with Gasteiger partial charge < -0.3 is 15.4 Å². The zero-order valence-electron chi connectivity index (χ0n) is 14.4.